The maximum absolute atomic E-state index is 12.9. The molecular formula is C21H26N4O2. The lowest BCUT2D eigenvalue weighted by Gasteiger charge is -2.47. The SMILES string of the molecule is CC(C)(C)N=C1Nc2ccccc2N[C@@]12CCCN(C(=O)c1ccoc1)C2. The highest BCUT2D eigenvalue weighted by Crippen LogP contribution is 2.37. The van der Waals surface area contributed by atoms with E-state index in [0.717, 1.165) is 36.6 Å². The average molecular weight is 366 g/mol. The van der Waals surface area contributed by atoms with Crippen molar-refractivity contribution in [2.75, 3.05) is 23.7 Å². The van der Waals surface area contributed by atoms with Gasteiger partial charge >= 0.3 is 0 Å². The molecule has 0 bridgehead atoms. The Kier molecular flexibility index (Phi) is 4.21. The maximum atomic E-state index is 12.9. The first kappa shape index (κ1) is 17.6. The van der Waals surface area contributed by atoms with Crippen LogP contribution in [0, 0.1) is 0 Å². The number of furan rings is 1. The molecule has 1 aromatic carbocycles. The molecule has 2 aliphatic rings. The Labute approximate surface area is 159 Å². The van der Waals surface area contributed by atoms with E-state index in [1.807, 2.05) is 23.1 Å². The number of nitrogens with zero attached hydrogens (tertiary/aromatic N) is 2. The second-order valence-corrected chi connectivity index (χ2v) is 8.35. The first-order chi connectivity index (χ1) is 12.9. The van der Waals surface area contributed by atoms with Crippen molar-refractivity contribution in [1.82, 2.24) is 4.90 Å². The molecule has 142 valence electrons. The third-order valence-corrected chi connectivity index (χ3v) is 5.00. The first-order valence-electron chi connectivity index (χ1n) is 9.42. The monoisotopic (exact) mass is 366 g/mol. The van der Waals surface area contributed by atoms with E-state index in [0.29, 0.717) is 12.1 Å². The quantitative estimate of drug-likeness (QED) is 0.801. The maximum Gasteiger partial charge on any atom is 0.257 e. The third kappa shape index (κ3) is 3.44. The van der Waals surface area contributed by atoms with Crippen LogP contribution in [0.2, 0.25) is 0 Å². The highest BCUT2D eigenvalue weighted by Gasteiger charge is 2.45. The summed E-state index contributed by atoms with van der Waals surface area (Å²) in [6.45, 7) is 7.57. The molecule has 1 aromatic heterocycles. The third-order valence-electron chi connectivity index (χ3n) is 5.00. The van der Waals surface area contributed by atoms with Gasteiger partial charge in [0.1, 0.15) is 17.6 Å². The van der Waals surface area contributed by atoms with Crippen LogP contribution in [0.4, 0.5) is 11.4 Å². The van der Waals surface area contributed by atoms with Gasteiger partial charge in [0, 0.05) is 6.54 Å². The molecule has 1 spiro atoms. The molecule has 27 heavy (non-hydrogen) atoms. The number of nitrogens with one attached hydrogen (secondary N) is 2. The van der Waals surface area contributed by atoms with Crippen molar-refractivity contribution in [3.63, 3.8) is 0 Å². The summed E-state index contributed by atoms with van der Waals surface area (Å²) in [4.78, 5) is 19.8. The fraction of sp³-hybridized carbons (Fsp3) is 0.429. The van der Waals surface area contributed by atoms with E-state index in [9.17, 15) is 4.79 Å². The van der Waals surface area contributed by atoms with Crippen molar-refractivity contribution in [2.24, 2.45) is 4.99 Å². The fourth-order valence-electron chi connectivity index (χ4n) is 3.83. The number of carbonyl (C=O) groups excluding carboxylic acids is 1. The molecule has 0 radical (unpaired) electrons. The Balaban J connectivity index is 1.71. The number of rotatable bonds is 1. The number of amidine groups is 1. The molecule has 3 heterocycles. The van der Waals surface area contributed by atoms with E-state index in [2.05, 4.69) is 37.5 Å². The van der Waals surface area contributed by atoms with Crippen molar-refractivity contribution in [3.05, 3.63) is 48.4 Å². The second-order valence-electron chi connectivity index (χ2n) is 8.35. The Morgan fingerprint density at radius 3 is 2.70 bits per heavy atom. The number of carbonyl (C=O) groups is 1. The molecule has 2 aliphatic heterocycles. The summed E-state index contributed by atoms with van der Waals surface area (Å²) < 4.78 is 5.10. The molecular weight excluding hydrogens is 340 g/mol. The number of likely N-dealkylation sites (tertiary alicyclic amines) is 1. The zero-order chi connectivity index (χ0) is 19.1. The van der Waals surface area contributed by atoms with Crippen LogP contribution in [0.25, 0.3) is 0 Å². The van der Waals surface area contributed by atoms with E-state index in [1.165, 1.54) is 12.5 Å². The minimum atomic E-state index is -0.417. The zero-order valence-corrected chi connectivity index (χ0v) is 16.1. The summed E-state index contributed by atoms with van der Waals surface area (Å²) in [7, 11) is 0. The number of benzene rings is 1. The molecule has 0 saturated carbocycles. The molecule has 1 amide bonds. The highest BCUT2D eigenvalue weighted by atomic mass is 16.3. The predicted octanol–water partition coefficient (Wildman–Crippen LogP) is 3.99. The fourth-order valence-corrected chi connectivity index (χ4v) is 3.83. The first-order valence-corrected chi connectivity index (χ1v) is 9.42. The van der Waals surface area contributed by atoms with Crippen LogP contribution < -0.4 is 10.6 Å². The lowest BCUT2D eigenvalue weighted by Crippen LogP contribution is -2.63. The average Bonchev–Trinajstić information content (AvgIpc) is 3.15. The molecule has 2 aromatic rings. The van der Waals surface area contributed by atoms with Gasteiger partial charge in [-0.15, -0.1) is 0 Å². The van der Waals surface area contributed by atoms with Crippen molar-refractivity contribution < 1.29 is 9.21 Å². The van der Waals surface area contributed by atoms with E-state index in [-0.39, 0.29) is 11.4 Å². The van der Waals surface area contributed by atoms with Gasteiger partial charge in [0.25, 0.3) is 5.91 Å². The van der Waals surface area contributed by atoms with E-state index in [1.54, 1.807) is 6.07 Å². The van der Waals surface area contributed by atoms with Crippen LogP contribution >= 0.6 is 0 Å². The molecule has 1 atom stereocenters. The van der Waals surface area contributed by atoms with Crippen molar-refractivity contribution in [2.45, 2.75) is 44.7 Å². The Hall–Kier alpha value is -2.76. The Bertz CT molecular complexity index is 867. The van der Waals surface area contributed by atoms with Crippen LogP contribution in [0.3, 0.4) is 0 Å². The topological polar surface area (TPSA) is 69.9 Å². The van der Waals surface area contributed by atoms with Gasteiger partial charge < -0.3 is 20.0 Å². The van der Waals surface area contributed by atoms with E-state index >= 15 is 0 Å². The van der Waals surface area contributed by atoms with Gasteiger partial charge in [-0.25, -0.2) is 0 Å². The largest absolute Gasteiger partial charge is 0.472 e. The summed E-state index contributed by atoms with van der Waals surface area (Å²) in [5.74, 6) is 0.900. The molecule has 2 N–H and O–H groups in total. The summed E-state index contributed by atoms with van der Waals surface area (Å²) in [6, 6.07) is 9.86. The van der Waals surface area contributed by atoms with Crippen LogP contribution in [-0.2, 0) is 0 Å². The molecule has 0 unspecified atom stereocenters. The van der Waals surface area contributed by atoms with Gasteiger partial charge in [-0.2, -0.15) is 0 Å². The van der Waals surface area contributed by atoms with Crippen molar-refractivity contribution >= 4 is 23.1 Å². The molecule has 1 fully saturated rings. The number of hydrogen-bond donors (Lipinski definition) is 2. The summed E-state index contributed by atoms with van der Waals surface area (Å²) in [6.07, 6.45) is 4.87. The Morgan fingerprint density at radius 1 is 1.22 bits per heavy atom. The van der Waals surface area contributed by atoms with Crippen molar-refractivity contribution in [1.29, 1.82) is 0 Å². The zero-order valence-electron chi connectivity index (χ0n) is 16.1. The van der Waals surface area contributed by atoms with Crippen LogP contribution in [0.1, 0.15) is 44.0 Å². The van der Waals surface area contributed by atoms with Gasteiger partial charge in [0.2, 0.25) is 0 Å². The summed E-state index contributed by atoms with van der Waals surface area (Å²) in [5.41, 5.74) is 2.01. The van der Waals surface area contributed by atoms with Gasteiger partial charge in [-0.3, -0.25) is 9.79 Å². The van der Waals surface area contributed by atoms with Gasteiger partial charge in [-0.1, -0.05) is 12.1 Å². The predicted molar refractivity (Wildman–Crippen MR) is 107 cm³/mol. The smallest absolute Gasteiger partial charge is 0.257 e. The second kappa shape index (κ2) is 6.44. The molecule has 6 heteroatoms. The van der Waals surface area contributed by atoms with E-state index < -0.39 is 5.54 Å². The number of anilines is 2. The van der Waals surface area contributed by atoms with Crippen molar-refractivity contribution in [3.8, 4) is 0 Å². The van der Waals surface area contributed by atoms with Gasteiger partial charge in [0.15, 0.2) is 0 Å². The lowest BCUT2D eigenvalue weighted by atomic mass is 9.84. The molecule has 6 nitrogen and oxygen atoms in total. The molecule has 4 rings (SSSR count). The van der Waals surface area contributed by atoms with Gasteiger partial charge in [-0.05, 0) is 51.8 Å². The number of para-hydroxylation sites is 2. The lowest BCUT2D eigenvalue weighted by molar-refractivity contribution is 0.0693. The molecule has 0 aliphatic carbocycles. The highest BCUT2D eigenvalue weighted by molar-refractivity contribution is 6.10. The summed E-state index contributed by atoms with van der Waals surface area (Å²) in [5, 5.41) is 7.24. The van der Waals surface area contributed by atoms with E-state index in [4.69, 9.17) is 9.41 Å². The number of amides is 1. The minimum Gasteiger partial charge on any atom is -0.472 e. The summed E-state index contributed by atoms with van der Waals surface area (Å²) >= 11 is 0. The van der Waals surface area contributed by atoms with Crippen LogP contribution in [-0.4, -0.2) is 40.8 Å². The van der Waals surface area contributed by atoms with Crippen LogP contribution in [0.15, 0.2) is 52.3 Å². The van der Waals surface area contributed by atoms with Crippen LogP contribution in [0.5, 0.6) is 0 Å². The number of hydrogen-bond acceptors (Lipinski definition) is 4. The normalized spacial score (nSPS) is 23.7. The standard InChI is InChI=1S/C21H26N4O2/c1-20(2,3)24-19-21(23-17-8-5-4-7-16(17)22-19)10-6-11-25(14-21)18(26)15-9-12-27-13-15/h4-5,7-9,12-13,23H,6,10-11,14H2,1-3H3,(H,22,24)/t21-/m1/s1. The minimum absolute atomic E-state index is 0.00130. The number of fused-ring (bicyclic) bond motifs is 1. The number of aliphatic imine (C=N–C) groups is 1. The number of piperidine rings is 1. The Morgan fingerprint density at radius 2 is 2.00 bits per heavy atom. The molecule has 1 saturated heterocycles. The van der Waals surface area contributed by atoms with Gasteiger partial charge in [0.05, 0.1) is 35.3 Å².